The molecule has 0 radical (unpaired) electrons. The highest BCUT2D eigenvalue weighted by Gasteiger charge is 2.68. The first-order valence-electron chi connectivity index (χ1n) is 12.2. The molecule has 0 saturated heterocycles. The molecule has 0 amide bonds. The van der Waals surface area contributed by atoms with Crippen LogP contribution in [-0.2, 0) is 14.3 Å². The molecule has 3 heteroatoms. The lowest BCUT2D eigenvalue weighted by atomic mass is 9.44. The first kappa shape index (κ1) is 20.5. The van der Waals surface area contributed by atoms with E-state index < -0.39 is 0 Å². The maximum Gasteiger partial charge on any atom is 0.302 e. The zero-order chi connectivity index (χ0) is 21.3. The van der Waals surface area contributed by atoms with Gasteiger partial charge in [-0.05, 0) is 92.8 Å². The van der Waals surface area contributed by atoms with Gasteiger partial charge in [0.25, 0.3) is 0 Å². The molecule has 5 rings (SSSR count). The van der Waals surface area contributed by atoms with Crippen LogP contribution in [0.3, 0.4) is 0 Å². The minimum Gasteiger partial charge on any atom is -0.462 e. The van der Waals surface area contributed by atoms with Crippen LogP contribution in [0.15, 0.2) is 23.8 Å². The SMILES string of the molecule is CC(=O)O[C@@H]1CC[C@@]2(C)C(=CC[C@H]3[C@@H]2CC[C@@]2(C)[C@H]3C[C@@H]3CC=CC[C@@]32C(C)=O)C1. The molecule has 0 heterocycles. The van der Waals surface area contributed by atoms with E-state index in [2.05, 4.69) is 32.1 Å². The van der Waals surface area contributed by atoms with Gasteiger partial charge in [0.2, 0.25) is 0 Å². The number of hydrogen-bond donors (Lipinski definition) is 0. The van der Waals surface area contributed by atoms with Gasteiger partial charge < -0.3 is 4.74 Å². The van der Waals surface area contributed by atoms with Gasteiger partial charge >= 0.3 is 5.97 Å². The normalized spacial score (nSPS) is 49.2. The quantitative estimate of drug-likeness (QED) is 0.412. The molecule has 0 aromatic rings. The molecule has 0 bridgehead atoms. The molecule has 0 aromatic carbocycles. The molecule has 0 unspecified atom stereocenters. The molecule has 0 aromatic heterocycles. The van der Waals surface area contributed by atoms with E-state index in [1.807, 2.05) is 6.92 Å². The Labute approximate surface area is 181 Å². The summed E-state index contributed by atoms with van der Waals surface area (Å²) >= 11 is 0. The smallest absolute Gasteiger partial charge is 0.302 e. The van der Waals surface area contributed by atoms with Gasteiger partial charge in [0.05, 0.1) is 0 Å². The van der Waals surface area contributed by atoms with Gasteiger partial charge in [-0.3, -0.25) is 9.59 Å². The molecule has 8 atom stereocenters. The Morgan fingerprint density at radius 2 is 1.83 bits per heavy atom. The minimum atomic E-state index is -0.150. The van der Waals surface area contributed by atoms with Gasteiger partial charge in [-0.1, -0.05) is 37.6 Å². The van der Waals surface area contributed by atoms with Crippen LogP contribution in [0.5, 0.6) is 0 Å². The van der Waals surface area contributed by atoms with Crippen molar-refractivity contribution in [2.45, 2.75) is 91.6 Å². The van der Waals surface area contributed by atoms with Gasteiger partial charge in [0.15, 0.2) is 0 Å². The zero-order valence-electron chi connectivity index (χ0n) is 19.2. The van der Waals surface area contributed by atoms with Gasteiger partial charge in [-0.25, -0.2) is 0 Å². The summed E-state index contributed by atoms with van der Waals surface area (Å²) in [5.41, 5.74) is 1.81. The minimum absolute atomic E-state index is 0.0636. The molecule has 0 N–H and O–H groups in total. The van der Waals surface area contributed by atoms with Crippen LogP contribution in [0, 0.1) is 39.9 Å². The lowest BCUT2D eigenvalue weighted by molar-refractivity contribution is -0.150. The molecule has 0 aliphatic heterocycles. The van der Waals surface area contributed by atoms with E-state index in [1.54, 1.807) is 5.57 Å². The Morgan fingerprint density at radius 1 is 1.03 bits per heavy atom. The Kier molecular flexibility index (Phi) is 4.66. The number of Topliss-reactive ketones (excluding diaryl/α,β-unsaturated/α-hetero) is 1. The van der Waals surface area contributed by atoms with Crippen LogP contribution in [0.4, 0.5) is 0 Å². The number of ether oxygens (including phenoxy) is 1. The van der Waals surface area contributed by atoms with Crippen LogP contribution in [-0.4, -0.2) is 17.9 Å². The Hall–Kier alpha value is -1.38. The van der Waals surface area contributed by atoms with E-state index in [4.69, 9.17) is 4.74 Å². The van der Waals surface area contributed by atoms with E-state index in [9.17, 15) is 9.59 Å². The van der Waals surface area contributed by atoms with Crippen molar-refractivity contribution in [2.75, 3.05) is 0 Å². The average molecular weight is 411 g/mol. The van der Waals surface area contributed by atoms with Gasteiger partial charge in [0.1, 0.15) is 11.9 Å². The Balaban J connectivity index is 1.47. The molecule has 30 heavy (non-hydrogen) atoms. The van der Waals surface area contributed by atoms with Crippen molar-refractivity contribution in [3.63, 3.8) is 0 Å². The first-order valence-corrected chi connectivity index (χ1v) is 12.2. The summed E-state index contributed by atoms with van der Waals surface area (Å²) in [6.07, 6.45) is 17.1. The molecule has 164 valence electrons. The van der Waals surface area contributed by atoms with Crippen LogP contribution in [0.1, 0.15) is 85.5 Å². The van der Waals surface area contributed by atoms with Crippen molar-refractivity contribution in [2.24, 2.45) is 39.9 Å². The summed E-state index contributed by atoms with van der Waals surface area (Å²) in [7, 11) is 0. The van der Waals surface area contributed by atoms with Crippen LogP contribution in [0.2, 0.25) is 0 Å². The molecule has 3 fully saturated rings. The first-order chi connectivity index (χ1) is 14.2. The number of carbonyl (C=O) groups is 2. The van der Waals surface area contributed by atoms with Crippen LogP contribution >= 0.6 is 0 Å². The summed E-state index contributed by atoms with van der Waals surface area (Å²) in [4.78, 5) is 24.6. The Morgan fingerprint density at radius 3 is 2.57 bits per heavy atom. The van der Waals surface area contributed by atoms with Crippen molar-refractivity contribution in [1.29, 1.82) is 0 Å². The topological polar surface area (TPSA) is 43.4 Å². The highest BCUT2D eigenvalue weighted by atomic mass is 16.5. The predicted molar refractivity (Wildman–Crippen MR) is 118 cm³/mol. The molecule has 5 aliphatic rings. The molecule has 3 saturated carbocycles. The molecule has 3 nitrogen and oxygen atoms in total. The van der Waals surface area contributed by atoms with Crippen molar-refractivity contribution in [3.8, 4) is 0 Å². The predicted octanol–water partition coefficient (Wildman–Crippen LogP) is 6.03. The van der Waals surface area contributed by atoms with E-state index in [0.29, 0.717) is 29.5 Å². The summed E-state index contributed by atoms with van der Waals surface area (Å²) in [5.74, 6) is 2.90. The van der Waals surface area contributed by atoms with Crippen molar-refractivity contribution < 1.29 is 14.3 Å². The second-order valence-corrected chi connectivity index (χ2v) is 11.6. The van der Waals surface area contributed by atoms with Gasteiger partial charge in [0, 0.05) is 18.8 Å². The lowest BCUT2D eigenvalue weighted by Crippen LogP contribution is -2.55. The third-order valence-corrected chi connectivity index (χ3v) is 10.7. The van der Waals surface area contributed by atoms with Gasteiger partial charge in [-0.2, -0.15) is 0 Å². The highest BCUT2D eigenvalue weighted by Crippen LogP contribution is 2.73. The fourth-order valence-corrected chi connectivity index (χ4v) is 9.31. The summed E-state index contributed by atoms with van der Waals surface area (Å²) in [5, 5.41) is 0. The van der Waals surface area contributed by atoms with E-state index >= 15 is 0 Å². The highest BCUT2D eigenvalue weighted by molar-refractivity contribution is 5.85. The molecular weight excluding hydrogens is 372 g/mol. The lowest BCUT2D eigenvalue weighted by Gasteiger charge is -2.60. The van der Waals surface area contributed by atoms with Crippen LogP contribution in [0.25, 0.3) is 0 Å². The molecule has 5 aliphatic carbocycles. The monoisotopic (exact) mass is 410 g/mol. The number of carbonyl (C=O) groups excluding carboxylic acids is 2. The van der Waals surface area contributed by atoms with Crippen LogP contribution < -0.4 is 0 Å². The number of fused-ring (bicyclic) bond motifs is 7. The van der Waals surface area contributed by atoms with Crippen molar-refractivity contribution in [3.05, 3.63) is 23.8 Å². The average Bonchev–Trinajstić information content (AvgIpc) is 2.98. The number of rotatable bonds is 2. The number of allylic oxidation sites excluding steroid dienone is 3. The summed E-state index contributed by atoms with van der Waals surface area (Å²) in [6.45, 7) is 8.38. The van der Waals surface area contributed by atoms with E-state index in [0.717, 1.165) is 38.5 Å². The maximum atomic E-state index is 13.2. The second-order valence-electron chi connectivity index (χ2n) is 11.6. The maximum absolute atomic E-state index is 13.2. The standard InChI is InChI=1S/C27H38O3/c1-17(28)27-12-6-5-7-20(27)16-24-22-9-8-19-15-21(30-18(2)29)10-13-25(19,3)23(22)11-14-26(24,27)4/h5-6,8,20-24H,7,9-16H2,1-4H3/t20-,21+,22-,23-,24-,25-,26-,27+/m0/s1. The van der Waals surface area contributed by atoms with E-state index in [-0.39, 0.29) is 28.3 Å². The molecular formula is C27H38O3. The van der Waals surface area contributed by atoms with Gasteiger partial charge in [-0.15, -0.1) is 0 Å². The third-order valence-electron chi connectivity index (χ3n) is 10.7. The van der Waals surface area contributed by atoms with E-state index in [1.165, 1.54) is 26.2 Å². The number of ketones is 1. The number of hydrogen-bond acceptors (Lipinski definition) is 3. The third kappa shape index (κ3) is 2.56. The van der Waals surface area contributed by atoms with Crippen molar-refractivity contribution in [1.82, 2.24) is 0 Å². The van der Waals surface area contributed by atoms with Crippen molar-refractivity contribution >= 4 is 11.8 Å². The summed E-state index contributed by atoms with van der Waals surface area (Å²) in [6, 6.07) is 0. The second kappa shape index (κ2) is 6.81. The largest absolute Gasteiger partial charge is 0.462 e. The number of esters is 1. The Bertz CT molecular complexity index is 824. The molecule has 0 spiro atoms. The zero-order valence-corrected chi connectivity index (χ0v) is 19.2. The fraction of sp³-hybridized carbons (Fsp3) is 0.778. The fourth-order valence-electron chi connectivity index (χ4n) is 9.31. The summed E-state index contributed by atoms with van der Waals surface area (Å²) < 4.78 is 5.59.